The maximum Gasteiger partial charge on any atom is 0.292 e. The van der Waals surface area contributed by atoms with Crippen molar-refractivity contribution in [2.75, 3.05) is 12.3 Å². The Morgan fingerprint density at radius 1 is 1.17 bits per heavy atom. The number of para-hydroxylation sites is 1. The van der Waals surface area contributed by atoms with Gasteiger partial charge in [0, 0.05) is 12.2 Å². The third-order valence-corrected chi connectivity index (χ3v) is 2.73. The molecular weight excluding hydrogens is 228 g/mol. The smallest absolute Gasteiger partial charge is 0.292 e. The van der Waals surface area contributed by atoms with E-state index >= 15 is 0 Å². The van der Waals surface area contributed by atoms with E-state index in [-0.39, 0.29) is 5.56 Å². The van der Waals surface area contributed by atoms with E-state index in [2.05, 4.69) is 12.2 Å². The minimum absolute atomic E-state index is 0.267. The van der Waals surface area contributed by atoms with E-state index in [1.165, 1.54) is 0 Å². The van der Waals surface area contributed by atoms with Crippen LogP contribution in [0.1, 0.15) is 43.0 Å². The van der Waals surface area contributed by atoms with Gasteiger partial charge in [0.05, 0.1) is 5.56 Å². The SMILES string of the molecule is CCCCCCNC(=O)C(=O)c1ccccc1N. The molecule has 0 aromatic heterocycles. The van der Waals surface area contributed by atoms with Crippen LogP contribution in [0.3, 0.4) is 0 Å². The summed E-state index contributed by atoms with van der Waals surface area (Å²) in [4.78, 5) is 23.4. The average molecular weight is 248 g/mol. The van der Waals surface area contributed by atoms with E-state index < -0.39 is 11.7 Å². The number of nitrogens with one attached hydrogen (secondary N) is 1. The van der Waals surface area contributed by atoms with Crippen LogP contribution in [0.25, 0.3) is 0 Å². The Morgan fingerprint density at radius 2 is 1.89 bits per heavy atom. The fourth-order valence-corrected chi connectivity index (χ4v) is 1.66. The Labute approximate surface area is 108 Å². The van der Waals surface area contributed by atoms with Crippen LogP contribution in [0.5, 0.6) is 0 Å². The standard InChI is InChI=1S/C14H20N2O2/c1-2-3-4-7-10-16-14(18)13(17)11-8-5-6-9-12(11)15/h5-6,8-9H,2-4,7,10,15H2,1H3,(H,16,18). The number of nitrogen functional groups attached to an aromatic ring is 1. The van der Waals surface area contributed by atoms with E-state index in [0.29, 0.717) is 12.2 Å². The van der Waals surface area contributed by atoms with E-state index in [0.717, 1.165) is 25.7 Å². The zero-order valence-corrected chi connectivity index (χ0v) is 10.7. The number of unbranched alkanes of at least 4 members (excludes halogenated alkanes) is 3. The van der Waals surface area contributed by atoms with Crippen LogP contribution in [0.15, 0.2) is 24.3 Å². The topological polar surface area (TPSA) is 72.2 Å². The van der Waals surface area contributed by atoms with Gasteiger partial charge in [-0.3, -0.25) is 9.59 Å². The molecule has 4 nitrogen and oxygen atoms in total. The largest absolute Gasteiger partial charge is 0.398 e. The molecule has 4 heteroatoms. The number of hydrogen-bond donors (Lipinski definition) is 2. The number of anilines is 1. The monoisotopic (exact) mass is 248 g/mol. The molecule has 0 saturated carbocycles. The molecule has 0 heterocycles. The lowest BCUT2D eigenvalue weighted by Gasteiger charge is -2.05. The molecule has 0 radical (unpaired) electrons. The second-order valence-electron chi connectivity index (χ2n) is 4.23. The molecule has 0 fully saturated rings. The molecule has 1 rings (SSSR count). The molecule has 0 aliphatic carbocycles. The molecule has 1 aromatic carbocycles. The number of benzene rings is 1. The highest BCUT2D eigenvalue weighted by atomic mass is 16.2. The molecular formula is C14H20N2O2. The lowest BCUT2D eigenvalue weighted by Crippen LogP contribution is -2.32. The first kappa shape index (κ1) is 14.2. The third kappa shape index (κ3) is 4.20. The highest BCUT2D eigenvalue weighted by Gasteiger charge is 2.17. The predicted molar refractivity (Wildman–Crippen MR) is 72.3 cm³/mol. The van der Waals surface area contributed by atoms with Crippen molar-refractivity contribution in [3.63, 3.8) is 0 Å². The van der Waals surface area contributed by atoms with Crippen molar-refractivity contribution in [2.24, 2.45) is 0 Å². The van der Waals surface area contributed by atoms with Crippen LogP contribution >= 0.6 is 0 Å². The lowest BCUT2D eigenvalue weighted by atomic mass is 10.1. The zero-order valence-electron chi connectivity index (χ0n) is 10.7. The van der Waals surface area contributed by atoms with Crippen molar-refractivity contribution in [2.45, 2.75) is 32.6 Å². The van der Waals surface area contributed by atoms with Gasteiger partial charge in [0.25, 0.3) is 11.7 Å². The number of Topliss-reactive ketones (excluding diaryl/α,β-unsaturated/α-hetero) is 1. The molecule has 0 bridgehead atoms. The number of amides is 1. The van der Waals surface area contributed by atoms with Crippen molar-refractivity contribution in [3.8, 4) is 0 Å². The number of carbonyl (C=O) groups is 2. The first-order valence-corrected chi connectivity index (χ1v) is 6.33. The lowest BCUT2D eigenvalue weighted by molar-refractivity contribution is -0.117. The molecule has 98 valence electrons. The van der Waals surface area contributed by atoms with Gasteiger partial charge in [-0.25, -0.2) is 0 Å². The molecule has 0 atom stereocenters. The Hall–Kier alpha value is -1.84. The molecule has 0 spiro atoms. The van der Waals surface area contributed by atoms with Crippen molar-refractivity contribution in [1.29, 1.82) is 0 Å². The Morgan fingerprint density at radius 3 is 2.56 bits per heavy atom. The molecule has 3 N–H and O–H groups in total. The molecule has 18 heavy (non-hydrogen) atoms. The summed E-state index contributed by atoms with van der Waals surface area (Å²) >= 11 is 0. The van der Waals surface area contributed by atoms with Gasteiger partial charge in [0.1, 0.15) is 0 Å². The minimum Gasteiger partial charge on any atom is -0.398 e. The van der Waals surface area contributed by atoms with Gasteiger partial charge in [0.2, 0.25) is 0 Å². The van der Waals surface area contributed by atoms with Gasteiger partial charge in [-0.1, -0.05) is 38.3 Å². The summed E-state index contributed by atoms with van der Waals surface area (Å²) in [7, 11) is 0. The van der Waals surface area contributed by atoms with Crippen molar-refractivity contribution < 1.29 is 9.59 Å². The van der Waals surface area contributed by atoms with Crippen molar-refractivity contribution >= 4 is 17.4 Å². The Kier molecular flexibility index (Phi) is 5.91. The van der Waals surface area contributed by atoms with Gasteiger partial charge >= 0.3 is 0 Å². The van der Waals surface area contributed by atoms with Gasteiger partial charge in [-0.15, -0.1) is 0 Å². The number of nitrogens with two attached hydrogens (primary N) is 1. The molecule has 0 aliphatic heterocycles. The highest BCUT2D eigenvalue weighted by molar-refractivity contribution is 6.43. The number of ketones is 1. The minimum atomic E-state index is -0.579. The normalized spacial score (nSPS) is 10.1. The van der Waals surface area contributed by atoms with Gasteiger partial charge in [-0.05, 0) is 18.6 Å². The number of carbonyl (C=O) groups excluding carboxylic acids is 2. The van der Waals surface area contributed by atoms with Gasteiger partial charge in [-0.2, -0.15) is 0 Å². The summed E-state index contributed by atoms with van der Waals surface area (Å²) in [5.74, 6) is -1.15. The van der Waals surface area contributed by atoms with Crippen LogP contribution in [0, 0.1) is 0 Å². The summed E-state index contributed by atoms with van der Waals surface area (Å²) in [6.07, 6.45) is 4.26. The Balaban J connectivity index is 2.43. The average Bonchev–Trinajstić information content (AvgIpc) is 2.38. The quantitative estimate of drug-likeness (QED) is 0.336. The second kappa shape index (κ2) is 7.48. The molecule has 1 amide bonds. The summed E-state index contributed by atoms with van der Waals surface area (Å²) in [5.41, 5.74) is 6.26. The molecule has 1 aromatic rings. The summed E-state index contributed by atoms with van der Waals surface area (Å²) in [6.45, 7) is 2.66. The first-order valence-electron chi connectivity index (χ1n) is 6.33. The third-order valence-electron chi connectivity index (χ3n) is 2.73. The summed E-state index contributed by atoms with van der Waals surface area (Å²) in [5, 5.41) is 2.62. The van der Waals surface area contributed by atoms with Crippen LogP contribution in [0.2, 0.25) is 0 Å². The van der Waals surface area contributed by atoms with Gasteiger partial charge < -0.3 is 11.1 Å². The van der Waals surface area contributed by atoms with Crippen LogP contribution in [-0.2, 0) is 4.79 Å². The molecule has 0 saturated heterocycles. The van der Waals surface area contributed by atoms with Crippen molar-refractivity contribution in [3.05, 3.63) is 29.8 Å². The van der Waals surface area contributed by atoms with E-state index in [1.807, 2.05) is 0 Å². The zero-order chi connectivity index (χ0) is 13.4. The van der Waals surface area contributed by atoms with E-state index in [1.54, 1.807) is 24.3 Å². The number of rotatable bonds is 7. The fourth-order valence-electron chi connectivity index (χ4n) is 1.66. The molecule has 0 unspecified atom stereocenters. The fraction of sp³-hybridized carbons (Fsp3) is 0.429. The van der Waals surface area contributed by atoms with Crippen molar-refractivity contribution in [1.82, 2.24) is 5.32 Å². The van der Waals surface area contributed by atoms with E-state index in [9.17, 15) is 9.59 Å². The summed E-state index contributed by atoms with van der Waals surface area (Å²) < 4.78 is 0. The second-order valence-corrected chi connectivity index (χ2v) is 4.23. The van der Waals surface area contributed by atoms with E-state index in [4.69, 9.17) is 5.73 Å². The van der Waals surface area contributed by atoms with Gasteiger partial charge in [0.15, 0.2) is 0 Å². The maximum atomic E-state index is 11.8. The highest BCUT2D eigenvalue weighted by Crippen LogP contribution is 2.11. The molecule has 0 aliphatic rings. The van der Waals surface area contributed by atoms with Crippen LogP contribution in [0.4, 0.5) is 5.69 Å². The first-order chi connectivity index (χ1) is 8.66. The van der Waals surface area contributed by atoms with Crippen LogP contribution < -0.4 is 11.1 Å². The van der Waals surface area contributed by atoms with Crippen LogP contribution in [-0.4, -0.2) is 18.2 Å². The summed E-state index contributed by atoms with van der Waals surface area (Å²) in [6, 6.07) is 6.60. The maximum absolute atomic E-state index is 11.8. The predicted octanol–water partition coefficient (Wildman–Crippen LogP) is 2.15. The Bertz CT molecular complexity index is 416. The number of hydrogen-bond acceptors (Lipinski definition) is 3.